The number of carbonyl (C=O) groups is 2. The number of nitrogens with one attached hydrogen (secondary N) is 1. The Morgan fingerprint density at radius 2 is 2.18 bits per heavy atom. The molecular formula is C11H21N3O3. The van der Waals surface area contributed by atoms with Gasteiger partial charge in [-0.05, 0) is 18.3 Å². The van der Waals surface area contributed by atoms with Gasteiger partial charge in [-0.3, -0.25) is 0 Å². The summed E-state index contributed by atoms with van der Waals surface area (Å²) in [5, 5.41) is 11.9. The predicted molar refractivity (Wildman–Crippen MR) is 63.6 cm³/mol. The van der Waals surface area contributed by atoms with Crippen molar-refractivity contribution in [2.75, 3.05) is 19.6 Å². The van der Waals surface area contributed by atoms with Crippen molar-refractivity contribution < 1.29 is 14.7 Å². The highest BCUT2D eigenvalue weighted by Crippen LogP contribution is 2.35. The summed E-state index contributed by atoms with van der Waals surface area (Å²) in [6.07, 6.45) is 1.64. The molecule has 0 aromatic heterocycles. The van der Waals surface area contributed by atoms with Crippen molar-refractivity contribution in [3.63, 3.8) is 0 Å². The van der Waals surface area contributed by atoms with Gasteiger partial charge in [0.1, 0.15) is 6.04 Å². The topological polar surface area (TPSA) is 95.7 Å². The second-order valence-electron chi connectivity index (χ2n) is 5.05. The number of urea groups is 1. The van der Waals surface area contributed by atoms with Gasteiger partial charge in [-0.1, -0.05) is 13.8 Å². The molecule has 4 N–H and O–H groups in total. The van der Waals surface area contributed by atoms with E-state index >= 15 is 0 Å². The lowest BCUT2D eigenvalue weighted by Crippen LogP contribution is -2.59. The van der Waals surface area contributed by atoms with E-state index in [0.29, 0.717) is 19.6 Å². The molecule has 0 bridgehead atoms. The highest BCUT2D eigenvalue weighted by molar-refractivity contribution is 5.83. The van der Waals surface area contributed by atoms with Crippen LogP contribution in [0.2, 0.25) is 0 Å². The van der Waals surface area contributed by atoms with Gasteiger partial charge in [-0.2, -0.15) is 0 Å². The van der Waals surface area contributed by atoms with Gasteiger partial charge in [0.05, 0.1) is 0 Å². The number of nitrogens with two attached hydrogens (primary N) is 1. The van der Waals surface area contributed by atoms with E-state index in [-0.39, 0.29) is 6.03 Å². The smallest absolute Gasteiger partial charge is 0.327 e. The summed E-state index contributed by atoms with van der Waals surface area (Å²) in [7, 11) is 0. The molecule has 0 aromatic rings. The number of amides is 2. The van der Waals surface area contributed by atoms with Crippen LogP contribution in [-0.2, 0) is 4.79 Å². The number of piperidine rings is 1. The molecule has 6 nitrogen and oxygen atoms in total. The minimum Gasteiger partial charge on any atom is -0.480 e. The molecule has 2 amide bonds. The van der Waals surface area contributed by atoms with E-state index < -0.39 is 17.4 Å². The van der Waals surface area contributed by atoms with E-state index in [1.165, 1.54) is 4.90 Å². The van der Waals surface area contributed by atoms with E-state index in [1.807, 2.05) is 13.8 Å². The fourth-order valence-corrected chi connectivity index (χ4v) is 2.36. The molecule has 17 heavy (non-hydrogen) atoms. The number of aliphatic carboxylic acids is 1. The molecule has 1 fully saturated rings. The average molecular weight is 243 g/mol. The maximum Gasteiger partial charge on any atom is 0.327 e. The lowest BCUT2D eigenvalue weighted by molar-refractivity contribution is -0.148. The van der Waals surface area contributed by atoms with E-state index in [1.54, 1.807) is 0 Å². The van der Waals surface area contributed by atoms with E-state index in [0.717, 1.165) is 12.8 Å². The molecular weight excluding hydrogens is 222 g/mol. The van der Waals surface area contributed by atoms with Crippen LogP contribution in [0, 0.1) is 5.41 Å². The van der Waals surface area contributed by atoms with Crippen LogP contribution in [0.5, 0.6) is 0 Å². The van der Waals surface area contributed by atoms with Crippen molar-refractivity contribution in [3.8, 4) is 0 Å². The van der Waals surface area contributed by atoms with Gasteiger partial charge in [-0.25, -0.2) is 9.59 Å². The number of nitrogens with zero attached hydrogens (tertiary/aromatic N) is 1. The maximum absolute atomic E-state index is 11.9. The summed E-state index contributed by atoms with van der Waals surface area (Å²) in [5.74, 6) is -0.947. The first-order chi connectivity index (χ1) is 7.90. The molecule has 1 atom stereocenters. The van der Waals surface area contributed by atoms with Crippen LogP contribution in [0.1, 0.15) is 26.7 Å². The Balaban J connectivity index is 2.81. The highest BCUT2D eigenvalue weighted by atomic mass is 16.4. The molecule has 0 spiro atoms. The summed E-state index contributed by atoms with van der Waals surface area (Å²) in [4.78, 5) is 24.6. The third-order valence-corrected chi connectivity index (χ3v) is 3.19. The first-order valence-corrected chi connectivity index (χ1v) is 5.87. The van der Waals surface area contributed by atoms with Crippen LogP contribution in [0.3, 0.4) is 0 Å². The molecule has 1 aliphatic rings. The second-order valence-corrected chi connectivity index (χ2v) is 5.05. The Morgan fingerprint density at radius 3 is 2.71 bits per heavy atom. The Morgan fingerprint density at radius 1 is 1.53 bits per heavy atom. The fraction of sp³-hybridized carbons (Fsp3) is 0.818. The summed E-state index contributed by atoms with van der Waals surface area (Å²) < 4.78 is 0. The SMILES string of the molecule is CC1(C)CCCN(C(=O)NCCN)C1C(=O)O. The van der Waals surface area contributed by atoms with Crippen molar-refractivity contribution in [2.45, 2.75) is 32.7 Å². The van der Waals surface area contributed by atoms with Crippen LogP contribution in [0.4, 0.5) is 4.79 Å². The van der Waals surface area contributed by atoms with Gasteiger partial charge in [0, 0.05) is 19.6 Å². The molecule has 1 aliphatic heterocycles. The van der Waals surface area contributed by atoms with Gasteiger partial charge in [-0.15, -0.1) is 0 Å². The number of carboxylic acid groups (broad SMARTS) is 1. The number of hydrogen-bond donors (Lipinski definition) is 3. The average Bonchev–Trinajstić information content (AvgIpc) is 2.23. The van der Waals surface area contributed by atoms with E-state index in [2.05, 4.69) is 5.32 Å². The molecule has 6 heteroatoms. The fourth-order valence-electron chi connectivity index (χ4n) is 2.36. The third-order valence-electron chi connectivity index (χ3n) is 3.19. The number of hydrogen-bond acceptors (Lipinski definition) is 3. The molecule has 0 aromatic carbocycles. The summed E-state index contributed by atoms with van der Waals surface area (Å²) in [6, 6.07) is -1.11. The highest BCUT2D eigenvalue weighted by Gasteiger charge is 2.44. The van der Waals surface area contributed by atoms with Crippen molar-refractivity contribution in [3.05, 3.63) is 0 Å². The van der Waals surface area contributed by atoms with Crippen molar-refractivity contribution in [2.24, 2.45) is 11.1 Å². The van der Waals surface area contributed by atoms with Gasteiger partial charge >= 0.3 is 12.0 Å². The van der Waals surface area contributed by atoms with E-state index in [4.69, 9.17) is 5.73 Å². The molecule has 0 radical (unpaired) electrons. The van der Waals surface area contributed by atoms with Crippen LogP contribution in [-0.4, -0.2) is 47.7 Å². The normalized spacial score (nSPS) is 23.2. The van der Waals surface area contributed by atoms with Crippen molar-refractivity contribution in [1.82, 2.24) is 10.2 Å². The van der Waals surface area contributed by atoms with Gasteiger partial charge < -0.3 is 21.1 Å². The van der Waals surface area contributed by atoms with Crippen LogP contribution >= 0.6 is 0 Å². The minimum absolute atomic E-state index is 0.337. The molecule has 0 aliphatic carbocycles. The molecule has 0 saturated carbocycles. The molecule has 1 heterocycles. The van der Waals surface area contributed by atoms with Gasteiger partial charge in [0.2, 0.25) is 0 Å². The summed E-state index contributed by atoms with van der Waals surface area (Å²) >= 11 is 0. The quantitative estimate of drug-likeness (QED) is 0.661. The Kier molecular flexibility index (Phi) is 4.34. The predicted octanol–water partition coefficient (Wildman–Crippen LogP) is 0.230. The number of likely N-dealkylation sites (tertiary alicyclic amines) is 1. The zero-order chi connectivity index (χ0) is 13.1. The standard InChI is InChI=1S/C11H21N3O3/c1-11(2)4-3-7-14(8(11)9(15)16)10(17)13-6-5-12/h8H,3-7,12H2,1-2H3,(H,13,17)(H,15,16). The zero-order valence-corrected chi connectivity index (χ0v) is 10.4. The van der Waals surface area contributed by atoms with E-state index in [9.17, 15) is 14.7 Å². The second kappa shape index (κ2) is 5.35. The lowest BCUT2D eigenvalue weighted by atomic mass is 9.76. The third kappa shape index (κ3) is 3.09. The molecule has 1 unspecified atom stereocenters. The minimum atomic E-state index is -0.947. The first-order valence-electron chi connectivity index (χ1n) is 5.87. The van der Waals surface area contributed by atoms with Crippen LogP contribution < -0.4 is 11.1 Å². The number of carboxylic acids is 1. The van der Waals surface area contributed by atoms with Crippen LogP contribution in [0.15, 0.2) is 0 Å². The maximum atomic E-state index is 11.9. The molecule has 1 rings (SSSR count). The van der Waals surface area contributed by atoms with Crippen LogP contribution in [0.25, 0.3) is 0 Å². The first kappa shape index (κ1) is 13.8. The van der Waals surface area contributed by atoms with Crippen molar-refractivity contribution in [1.29, 1.82) is 0 Å². The summed E-state index contributed by atoms with van der Waals surface area (Å²) in [5.41, 5.74) is 4.91. The molecule has 98 valence electrons. The Bertz CT molecular complexity index is 304. The lowest BCUT2D eigenvalue weighted by Gasteiger charge is -2.43. The Hall–Kier alpha value is -1.30. The Labute approximate surface area is 101 Å². The summed E-state index contributed by atoms with van der Waals surface area (Å²) in [6.45, 7) is 4.96. The largest absolute Gasteiger partial charge is 0.480 e. The molecule has 1 saturated heterocycles. The zero-order valence-electron chi connectivity index (χ0n) is 10.4. The van der Waals surface area contributed by atoms with Gasteiger partial charge in [0.15, 0.2) is 0 Å². The number of rotatable bonds is 3. The monoisotopic (exact) mass is 243 g/mol. The number of carbonyl (C=O) groups excluding carboxylic acids is 1. The van der Waals surface area contributed by atoms with Crippen molar-refractivity contribution >= 4 is 12.0 Å². The van der Waals surface area contributed by atoms with Gasteiger partial charge in [0.25, 0.3) is 0 Å².